The SMILES string of the molecule is [N-]=[N+]=NCC#Cc1cc(F)c(C=O)c(F)c1. The van der Waals surface area contributed by atoms with E-state index in [4.69, 9.17) is 5.53 Å². The average molecular weight is 221 g/mol. The summed E-state index contributed by atoms with van der Waals surface area (Å²) in [5, 5.41) is 3.13. The minimum atomic E-state index is -0.969. The summed E-state index contributed by atoms with van der Waals surface area (Å²) in [5.41, 5.74) is 7.40. The molecule has 0 aliphatic carbocycles. The molecule has 0 amide bonds. The molecule has 0 atom stereocenters. The van der Waals surface area contributed by atoms with Crippen molar-refractivity contribution in [1.82, 2.24) is 0 Å². The molecule has 0 heterocycles. The zero-order chi connectivity index (χ0) is 12.0. The maximum absolute atomic E-state index is 13.1. The quantitative estimate of drug-likeness (QED) is 0.248. The molecule has 0 fully saturated rings. The highest BCUT2D eigenvalue weighted by Crippen LogP contribution is 2.12. The third-order valence-electron chi connectivity index (χ3n) is 1.64. The lowest BCUT2D eigenvalue weighted by Gasteiger charge is -1.97. The van der Waals surface area contributed by atoms with Gasteiger partial charge < -0.3 is 0 Å². The maximum atomic E-state index is 13.1. The normalized spacial score (nSPS) is 8.62. The van der Waals surface area contributed by atoms with Crippen LogP contribution >= 0.6 is 0 Å². The zero-order valence-corrected chi connectivity index (χ0v) is 7.94. The number of rotatable bonds is 2. The van der Waals surface area contributed by atoms with Crippen molar-refractivity contribution >= 4 is 6.29 Å². The van der Waals surface area contributed by atoms with Crippen LogP contribution in [0, 0.1) is 23.5 Å². The van der Waals surface area contributed by atoms with Crippen molar-refractivity contribution in [2.45, 2.75) is 0 Å². The molecule has 0 radical (unpaired) electrons. The lowest BCUT2D eigenvalue weighted by Crippen LogP contribution is -1.94. The Balaban J connectivity index is 3.02. The number of carbonyl (C=O) groups is 1. The van der Waals surface area contributed by atoms with Gasteiger partial charge in [-0.05, 0) is 17.7 Å². The summed E-state index contributed by atoms with van der Waals surface area (Å²) in [4.78, 5) is 12.7. The molecule has 0 saturated heterocycles. The van der Waals surface area contributed by atoms with E-state index in [0.717, 1.165) is 12.1 Å². The van der Waals surface area contributed by atoms with Crippen LogP contribution in [0.4, 0.5) is 8.78 Å². The molecule has 4 nitrogen and oxygen atoms in total. The second-order valence-electron chi connectivity index (χ2n) is 2.66. The second kappa shape index (κ2) is 5.49. The predicted molar refractivity (Wildman–Crippen MR) is 52.6 cm³/mol. The first-order chi connectivity index (χ1) is 7.69. The number of halogens is 2. The molecule has 0 unspecified atom stereocenters. The maximum Gasteiger partial charge on any atom is 0.155 e. The molecule has 0 aromatic heterocycles. The van der Waals surface area contributed by atoms with E-state index in [1.54, 1.807) is 0 Å². The van der Waals surface area contributed by atoms with Crippen molar-refractivity contribution in [3.63, 3.8) is 0 Å². The molecule has 6 heteroatoms. The van der Waals surface area contributed by atoms with Crippen molar-refractivity contribution in [1.29, 1.82) is 0 Å². The Morgan fingerprint density at radius 1 is 1.44 bits per heavy atom. The van der Waals surface area contributed by atoms with Crippen molar-refractivity contribution in [2.24, 2.45) is 5.11 Å². The van der Waals surface area contributed by atoms with Crippen LogP contribution in [0.25, 0.3) is 10.4 Å². The summed E-state index contributed by atoms with van der Waals surface area (Å²) in [6.07, 6.45) is 0.0991. The highest BCUT2D eigenvalue weighted by molar-refractivity contribution is 5.76. The van der Waals surface area contributed by atoms with E-state index in [2.05, 4.69) is 21.9 Å². The molecule has 0 N–H and O–H groups in total. The van der Waals surface area contributed by atoms with Gasteiger partial charge in [-0.25, -0.2) is 8.78 Å². The van der Waals surface area contributed by atoms with E-state index in [-0.39, 0.29) is 18.4 Å². The van der Waals surface area contributed by atoms with Gasteiger partial charge in [-0.3, -0.25) is 4.79 Å². The van der Waals surface area contributed by atoms with Gasteiger partial charge in [-0.15, -0.1) is 0 Å². The Labute approximate surface area is 89.5 Å². The van der Waals surface area contributed by atoms with Crippen LogP contribution < -0.4 is 0 Å². The summed E-state index contributed by atoms with van der Waals surface area (Å²) in [5.74, 6) is 2.87. The van der Waals surface area contributed by atoms with E-state index in [1.165, 1.54) is 0 Å². The lowest BCUT2D eigenvalue weighted by molar-refractivity contribution is 0.111. The Kier molecular flexibility index (Phi) is 4.01. The molecule has 16 heavy (non-hydrogen) atoms. The monoisotopic (exact) mass is 221 g/mol. The number of azide groups is 1. The number of carbonyl (C=O) groups excluding carboxylic acids is 1. The summed E-state index contributed by atoms with van der Waals surface area (Å²) >= 11 is 0. The van der Waals surface area contributed by atoms with Gasteiger partial charge in [-0.2, -0.15) is 0 Å². The van der Waals surface area contributed by atoms with Crippen molar-refractivity contribution in [3.8, 4) is 11.8 Å². The number of hydrogen-bond acceptors (Lipinski definition) is 2. The third kappa shape index (κ3) is 2.80. The largest absolute Gasteiger partial charge is 0.298 e. The van der Waals surface area contributed by atoms with Gasteiger partial charge in [0.05, 0.1) is 12.1 Å². The van der Waals surface area contributed by atoms with Crippen LogP contribution in [0.2, 0.25) is 0 Å². The molecule has 0 bridgehead atoms. The first-order valence-electron chi connectivity index (χ1n) is 4.13. The number of hydrogen-bond donors (Lipinski definition) is 0. The number of benzene rings is 1. The zero-order valence-electron chi connectivity index (χ0n) is 7.94. The van der Waals surface area contributed by atoms with Crippen molar-refractivity contribution < 1.29 is 13.6 Å². The van der Waals surface area contributed by atoms with Gasteiger partial charge in [0.25, 0.3) is 0 Å². The fraction of sp³-hybridized carbons (Fsp3) is 0.100. The number of aldehydes is 1. The topological polar surface area (TPSA) is 65.8 Å². The lowest BCUT2D eigenvalue weighted by atomic mass is 10.1. The summed E-state index contributed by atoms with van der Waals surface area (Å²) < 4.78 is 26.1. The Hall–Kier alpha value is -2.38. The van der Waals surface area contributed by atoms with Gasteiger partial charge in [0, 0.05) is 10.5 Å². The standard InChI is InChI=1S/C10H5F2N3O/c11-9-4-7(2-1-3-14-15-13)5-10(12)8(9)6-16/h4-6H,3H2. The second-order valence-corrected chi connectivity index (χ2v) is 2.66. The fourth-order valence-corrected chi connectivity index (χ4v) is 0.978. The van der Waals surface area contributed by atoms with Crippen LogP contribution in [0.5, 0.6) is 0 Å². The molecular weight excluding hydrogens is 216 g/mol. The van der Waals surface area contributed by atoms with E-state index in [0.29, 0.717) is 0 Å². The fourth-order valence-electron chi connectivity index (χ4n) is 0.978. The van der Waals surface area contributed by atoms with Gasteiger partial charge in [0.1, 0.15) is 11.6 Å². The van der Waals surface area contributed by atoms with E-state index < -0.39 is 17.2 Å². The summed E-state index contributed by atoms with van der Waals surface area (Å²) in [6, 6.07) is 1.88. The van der Waals surface area contributed by atoms with Gasteiger partial charge in [0.15, 0.2) is 6.29 Å². The van der Waals surface area contributed by atoms with Gasteiger partial charge in [-0.1, -0.05) is 17.0 Å². The third-order valence-corrected chi connectivity index (χ3v) is 1.64. The predicted octanol–water partition coefficient (Wildman–Crippen LogP) is 2.44. The molecule has 0 aliphatic rings. The van der Waals surface area contributed by atoms with Crippen LogP contribution in [0.15, 0.2) is 17.2 Å². The molecule has 0 aliphatic heterocycles. The van der Waals surface area contributed by atoms with E-state index in [1.807, 2.05) is 0 Å². The molecule has 0 spiro atoms. The molecule has 0 saturated carbocycles. The van der Waals surface area contributed by atoms with E-state index >= 15 is 0 Å². The Morgan fingerprint density at radius 3 is 2.56 bits per heavy atom. The summed E-state index contributed by atoms with van der Waals surface area (Å²) in [7, 11) is 0. The Morgan fingerprint density at radius 2 is 2.06 bits per heavy atom. The molecule has 1 aromatic carbocycles. The first-order valence-corrected chi connectivity index (χ1v) is 4.13. The van der Waals surface area contributed by atoms with Crippen molar-refractivity contribution in [3.05, 3.63) is 45.3 Å². The highest BCUT2D eigenvalue weighted by Gasteiger charge is 2.08. The first kappa shape index (κ1) is 11.7. The smallest absolute Gasteiger partial charge is 0.155 e. The van der Waals surface area contributed by atoms with Crippen molar-refractivity contribution in [2.75, 3.05) is 6.54 Å². The number of nitrogens with zero attached hydrogens (tertiary/aromatic N) is 3. The minimum absolute atomic E-state index is 0.0775. The summed E-state index contributed by atoms with van der Waals surface area (Å²) in [6.45, 7) is -0.0881. The molecule has 80 valence electrons. The van der Waals surface area contributed by atoms with Crippen LogP contribution in [-0.4, -0.2) is 12.8 Å². The van der Waals surface area contributed by atoms with Gasteiger partial charge in [0.2, 0.25) is 0 Å². The van der Waals surface area contributed by atoms with E-state index in [9.17, 15) is 13.6 Å². The van der Waals surface area contributed by atoms with Gasteiger partial charge >= 0.3 is 0 Å². The Bertz CT molecular complexity index is 502. The minimum Gasteiger partial charge on any atom is -0.298 e. The average Bonchev–Trinajstić information content (AvgIpc) is 2.24. The van der Waals surface area contributed by atoms with Crippen LogP contribution in [0.1, 0.15) is 15.9 Å². The highest BCUT2D eigenvalue weighted by atomic mass is 19.1. The molecular formula is C10H5F2N3O. The molecule has 1 rings (SSSR count). The van der Waals surface area contributed by atoms with Crippen LogP contribution in [-0.2, 0) is 0 Å². The van der Waals surface area contributed by atoms with Crippen LogP contribution in [0.3, 0.4) is 0 Å². The molecule has 1 aromatic rings.